The molecular formula is C21H25FN2O3. The van der Waals surface area contributed by atoms with Gasteiger partial charge in [0.05, 0.1) is 0 Å². The Morgan fingerprint density at radius 2 is 1.70 bits per heavy atom. The molecule has 27 heavy (non-hydrogen) atoms. The zero-order valence-corrected chi connectivity index (χ0v) is 15.6. The molecule has 2 aromatic rings. The smallest absolute Gasteiger partial charge is 0.315 e. The molecule has 1 aliphatic heterocycles. The van der Waals surface area contributed by atoms with Crippen molar-refractivity contribution in [1.82, 2.24) is 10.6 Å². The summed E-state index contributed by atoms with van der Waals surface area (Å²) in [5, 5.41) is 5.92. The molecule has 1 unspecified atom stereocenters. The fraction of sp³-hybridized carbons (Fsp3) is 0.381. The first-order valence-electron chi connectivity index (χ1n) is 9.17. The van der Waals surface area contributed by atoms with E-state index in [4.69, 9.17) is 9.47 Å². The molecule has 0 fully saturated rings. The third-order valence-electron chi connectivity index (χ3n) is 4.32. The van der Waals surface area contributed by atoms with Crippen molar-refractivity contribution in [3.05, 3.63) is 59.4 Å². The Morgan fingerprint density at radius 1 is 1.04 bits per heavy atom. The van der Waals surface area contributed by atoms with Gasteiger partial charge in [0.1, 0.15) is 5.82 Å². The standard InChI is InChI=1S/C21H25FN2O3/c1-14(2)12-23-21(25)24-18(9-15-3-6-17(22)7-4-15)10-16-5-8-19-20(11-16)27-13-26-19/h3-8,11,14,18H,9-10,12-13H2,1-2H3,(H2,23,24,25). The van der Waals surface area contributed by atoms with Gasteiger partial charge in [0, 0.05) is 12.6 Å². The minimum absolute atomic E-state index is 0.136. The van der Waals surface area contributed by atoms with Gasteiger partial charge in [0.15, 0.2) is 11.5 Å². The molecule has 0 aliphatic carbocycles. The Morgan fingerprint density at radius 3 is 2.44 bits per heavy atom. The number of benzene rings is 2. The molecule has 1 heterocycles. The summed E-state index contributed by atoms with van der Waals surface area (Å²) in [5.41, 5.74) is 2.00. The van der Waals surface area contributed by atoms with Gasteiger partial charge in [-0.05, 0) is 54.2 Å². The molecular weight excluding hydrogens is 347 g/mol. The van der Waals surface area contributed by atoms with Crippen LogP contribution in [0.3, 0.4) is 0 Å². The second kappa shape index (κ2) is 8.75. The lowest BCUT2D eigenvalue weighted by atomic mass is 9.98. The molecule has 5 nitrogen and oxygen atoms in total. The van der Waals surface area contributed by atoms with Crippen molar-refractivity contribution in [2.24, 2.45) is 5.92 Å². The number of hydrogen-bond donors (Lipinski definition) is 2. The number of halogens is 1. The second-order valence-electron chi connectivity index (χ2n) is 7.17. The van der Waals surface area contributed by atoms with Crippen LogP contribution in [-0.4, -0.2) is 25.4 Å². The van der Waals surface area contributed by atoms with Gasteiger partial charge in [-0.2, -0.15) is 0 Å². The number of hydrogen-bond acceptors (Lipinski definition) is 3. The third kappa shape index (κ3) is 5.61. The number of carbonyl (C=O) groups is 1. The van der Waals surface area contributed by atoms with Crippen molar-refractivity contribution in [1.29, 1.82) is 0 Å². The molecule has 0 bridgehead atoms. The maximum Gasteiger partial charge on any atom is 0.315 e. The summed E-state index contributed by atoms with van der Waals surface area (Å²) in [7, 11) is 0. The van der Waals surface area contributed by atoms with Crippen LogP contribution in [-0.2, 0) is 12.8 Å². The van der Waals surface area contributed by atoms with Crippen molar-refractivity contribution in [3.63, 3.8) is 0 Å². The first kappa shape index (κ1) is 19.0. The van der Waals surface area contributed by atoms with Crippen molar-refractivity contribution in [2.45, 2.75) is 32.7 Å². The average molecular weight is 372 g/mol. The van der Waals surface area contributed by atoms with Gasteiger partial charge in [0.25, 0.3) is 0 Å². The Hall–Kier alpha value is -2.76. The average Bonchev–Trinajstić information content (AvgIpc) is 3.09. The summed E-state index contributed by atoms with van der Waals surface area (Å²) >= 11 is 0. The van der Waals surface area contributed by atoms with E-state index in [1.54, 1.807) is 12.1 Å². The molecule has 6 heteroatoms. The molecule has 1 aliphatic rings. The number of carbonyl (C=O) groups excluding carboxylic acids is 1. The molecule has 1 atom stereocenters. The number of urea groups is 1. The fourth-order valence-corrected chi connectivity index (χ4v) is 2.96. The van der Waals surface area contributed by atoms with Crippen molar-refractivity contribution in [2.75, 3.05) is 13.3 Å². The Kier molecular flexibility index (Phi) is 6.16. The van der Waals surface area contributed by atoms with E-state index in [9.17, 15) is 9.18 Å². The van der Waals surface area contributed by atoms with E-state index in [1.807, 2.05) is 32.0 Å². The molecule has 0 radical (unpaired) electrons. The minimum Gasteiger partial charge on any atom is -0.454 e. The Labute approximate surface area is 158 Å². The largest absolute Gasteiger partial charge is 0.454 e. The molecule has 0 saturated carbocycles. The molecule has 2 N–H and O–H groups in total. The van der Waals surface area contributed by atoms with Gasteiger partial charge in [0.2, 0.25) is 6.79 Å². The molecule has 2 aromatic carbocycles. The highest BCUT2D eigenvalue weighted by atomic mass is 19.1. The summed E-state index contributed by atoms with van der Waals surface area (Å²) in [6.07, 6.45) is 1.23. The summed E-state index contributed by atoms with van der Waals surface area (Å²) in [6.45, 7) is 4.93. The van der Waals surface area contributed by atoms with Gasteiger partial charge in [-0.25, -0.2) is 9.18 Å². The van der Waals surface area contributed by atoms with E-state index < -0.39 is 0 Å². The monoisotopic (exact) mass is 372 g/mol. The van der Waals surface area contributed by atoms with Crippen LogP contribution in [0, 0.1) is 11.7 Å². The van der Waals surface area contributed by atoms with Crippen LogP contribution >= 0.6 is 0 Å². The lowest BCUT2D eigenvalue weighted by molar-refractivity contribution is 0.174. The Balaban J connectivity index is 1.70. The van der Waals surface area contributed by atoms with Crippen LogP contribution in [0.25, 0.3) is 0 Å². The normalized spacial score (nSPS) is 13.5. The highest BCUT2D eigenvalue weighted by molar-refractivity contribution is 5.74. The van der Waals surface area contributed by atoms with Crippen LogP contribution < -0.4 is 20.1 Å². The molecule has 0 spiro atoms. The molecule has 0 aromatic heterocycles. The van der Waals surface area contributed by atoms with Gasteiger partial charge in [-0.1, -0.05) is 32.0 Å². The maximum atomic E-state index is 13.2. The zero-order chi connectivity index (χ0) is 19.2. The van der Waals surface area contributed by atoms with E-state index in [-0.39, 0.29) is 24.7 Å². The lowest BCUT2D eigenvalue weighted by Gasteiger charge is -2.20. The van der Waals surface area contributed by atoms with Gasteiger partial charge < -0.3 is 20.1 Å². The minimum atomic E-state index is -0.270. The topological polar surface area (TPSA) is 59.6 Å². The van der Waals surface area contributed by atoms with E-state index in [0.717, 1.165) is 22.6 Å². The van der Waals surface area contributed by atoms with E-state index >= 15 is 0 Å². The van der Waals surface area contributed by atoms with E-state index in [0.29, 0.717) is 25.3 Å². The van der Waals surface area contributed by atoms with Crippen LogP contribution in [0.2, 0.25) is 0 Å². The van der Waals surface area contributed by atoms with E-state index in [1.165, 1.54) is 12.1 Å². The molecule has 0 saturated heterocycles. The quantitative estimate of drug-likeness (QED) is 0.780. The summed E-state index contributed by atoms with van der Waals surface area (Å²) in [4.78, 5) is 12.3. The van der Waals surface area contributed by atoms with Crippen LogP contribution in [0.5, 0.6) is 11.5 Å². The Bertz CT molecular complexity index is 777. The molecule has 144 valence electrons. The number of ether oxygens (including phenoxy) is 2. The van der Waals surface area contributed by atoms with Crippen LogP contribution in [0.15, 0.2) is 42.5 Å². The number of fused-ring (bicyclic) bond motifs is 1. The first-order valence-corrected chi connectivity index (χ1v) is 9.17. The number of rotatable bonds is 7. The van der Waals surface area contributed by atoms with Gasteiger partial charge in [-0.3, -0.25) is 0 Å². The number of amides is 2. The predicted molar refractivity (Wildman–Crippen MR) is 102 cm³/mol. The third-order valence-corrected chi connectivity index (χ3v) is 4.32. The highest BCUT2D eigenvalue weighted by Crippen LogP contribution is 2.32. The first-order chi connectivity index (χ1) is 13.0. The van der Waals surface area contributed by atoms with Crippen molar-refractivity contribution < 1.29 is 18.7 Å². The highest BCUT2D eigenvalue weighted by Gasteiger charge is 2.18. The zero-order valence-electron chi connectivity index (χ0n) is 15.6. The van der Waals surface area contributed by atoms with E-state index in [2.05, 4.69) is 10.6 Å². The lowest BCUT2D eigenvalue weighted by Crippen LogP contribution is -2.45. The molecule has 2 amide bonds. The van der Waals surface area contributed by atoms with Gasteiger partial charge >= 0.3 is 6.03 Å². The molecule has 3 rings (SSSR count). The van der Waals surface area contributed by atoms with Crippen LogP contribution in [0.1, 0.15) is 25.0 Å². The summed E-state index contributed by atoms with van der Waals surface area (Å²) in [5.74, 6) is 1.56. The summed E-state index contributed by atoms with van der Waals surface area (Å²) < 4.78 is 24.0. The number of nitrogens with one attached hydrogen (secondary N) is 2. The van der Waals surface area contributed by atoms with Crippen molar-refractivity contribution in [3.8, 4) is 11.5 Å². The van der Waals surface area contributed by atoms with Gasteiger partial charge in [-0.15, -0.1) is 0 Å². The van der Waals surface area contributed by atoms with Crippen molar-refractivity contribution >= 4 is 6.03 Å². The summed E-state index contributed by atoms with van der Waals surface area (Å²) in [6, 6.07) is 11.8. The second-order valence-corrected chi connectivity index (χ2v) is 7.17. The van der Waals surface area contributed by atoms with Crippen LogP contribution in [0.4, 0.5) is 9.18 Å². The predicted octanol–water partition coefficient (Wildman–Crippen LogP) is 3.66. The fourth-order valence-electron chi connectivity index (χ4n) is 2.96. The SMILES string of the molecule is CC(C)CNC(=O)NC(Cc1ccc(F)cc1)Cc1ccc2c(c1)OCO2. The maximum absolute atomic E-state index is 13.2.